The van der Waals surface area contributed by atoms with E-state index in [1.54, 1.807) is 0 Å². The van der Waals surface area contributed by atoms with Gasteiger partial charge < -0.3 is 4.74 Å². The van der Waals surface area contributed by atoms with Crippen LogP contribution in [0.15, 0.2) is 23.2 Å². The number of hydrogen-bond donors (Lipinski definition) is 0. The van der Waals surface area contributed by atoms with E-state index in [1.807, 2.05) is 0 Å². The number of nitrogens with zero attached hydrogens (tertiary/aromatic N) is 1. The SMILES string of the molecule is COc1ccc(C2(N=C=O)CC2)cc1C(F)(F)F. The molecule has 1 aromatic rings. The van der Waals surface area contributed by atoms with Crippen molar-refractivity contribution in [3.05, 3.63) is 29.3 Å². The van der Waals surface area contributed by atoms with Crippen molar-refractivity contribution in [3.63, 3.8) is 0 Å². The number of isocyanates is 1. The maximum Gasteiger partial charge on any atom is 0.419 e. The molecule has 96 valence electrons. The third-order valence-corrected chi connectivity index (χ3v) is 3.03. The second-order valence-electron chi connectivity index (χ2n) is 4.15. The lowest BCUT2D eigenvalue weighted by Gasteiger charge is -2.15. The van der Waals surface area contributed by atoms with Gasteiger partial charge in [0, 0.05) is 0 Å². The first-order chi connectivity index (χ1) is 8.43. The number of ether oxygens (including phenoxy) is 1. The highest BCUT2D eigenvalue weighted by Gasteiger charge is 2.46. The topological polar surface area (TPSA) is 38.7 Å². The maximum absolute atomic E-state index is 12.8. The van der Waals surface area contributed by atoms with Crippen LogP contribution in [0.1, 0.15) is 24.0 Å². The van der Waals surface area contributed by atoms with Crippen LogP contribution in [0, 0.1) is 0 Å². The van der Waals surface area contributed by atoms with Crippen LogP contribution >= 0.6 is 0 Å². The molecule has 0 radical (unpaired) electrons. The smallest absolute Gasteiger partial charge is 0.419 e. The number of halogens is 3. The average Bonchev–Trinajstić information content (AvgIpc) is 3.08. The first-order valence-electron chi connectivity index (χ1n) is 5.28. The lowest BCUT2D eigenvalue weighted by Crippen LogP contribution is -2.11. The lowest BCUT2D eigenvalue weighted by atomic mass is 10.0. The van der Waals surface area contributed by atoms with E-state index in [0.717, 1.165) is 6.07 Å². The standard InChI is InChI=1S/C12H10F3NO2/c1-18-10-3-2-8(6-9(10)12(13,14)15)11(4-5-11)16-7-17/h2-3,6H,4-5H2,1H3. The molecule has 1 aliphatic rings. The van der Waals surface area contributed by atoms with Gasteiger partial charge in [0.25, 0.3) is 0 Å². The summed E-state index contributed by atoms with van der Waals surface area (Å²) in [6, 6.07) is 3.74. The Morgan fingerprint density at radius 2 is 2.06 bits per heavy atom. The largest absolute Gasteiger partial charge is 0.496 e. The van der Waals surface area contributed by atoms with Crippen LogP contribution < -0.4 is 4.74 Å². The molecule has 0 aromatic heterocycles. The van der Waals surface area contributed by atoms with E-state index in [4.69, 9.17) is 4.74 Å². The summed E-state index contributed by atoms with van der Waals surface area (Å²) in [4.78, 5) is 13.9. The van der Waals surface area contributed by atoms with Crippen LogP contribution in [0.25, 0.3) is 0 Å². The fourth-order valence-corrected chi connectivity index (χ4v) is 1.89. The highest BCUT2D eigenvalue weighted by molar-refractivity contribution is 5.46. The minimum atomic E-state index is -4.50. The number of carbonyl (C=O) groups excluding carboxylic acids is 1. The van der Waals surface area contributed by atoms with Crippen LogP contribution in [0.5, 0.6) is 5.75 Å². The molecule has 1 fully saturated rings. The van der Waals surface area contributed by atoms with E-state index in [9.17, 15) is 18.0 Å². The van der Waals surface area contributed by atoms with E-state index in [0.29, 0.717) is 18.4 Å². The van der Waals surface area contributed by atoms with Crippen molar-refractivity contribution in [2.75, 3.05) is 7.11 Å². The minimum Gasteiger partial charge on any atom is -0.496 e. The van der Waals surface area contributed by atoms with Gasteiger partial charge in [0.15, 0.2) is 0 Å². The summed E-state index contributed by atoms with van der Waals surface area (Å²) in [5.41, 5.74) is -1.29. The van der Waals surface area contributed by atoms with Gasteiger partial charge >= 0.3 is 6.18 Å². The van der Waals surface area contributed by atoms with E-state index < -0.39 is 17.3 Å². The van der Waals surface area contributed by atoms with Gasteiger partial charge in [0.2, 0.25) is 6.08 Å². The second-order valence-corrected chi connectivity index (χ2v) is 4.15. The molecule has 3 nitrogen and oxygen atoms in total. The predicted molar refractivity (Wildman–Crippen MR) is 57.0 cm³/mol. The average molecular weight is 257 g/mol. The van der Waals surface area contributed by atoms with Gasteiger partial charge in [0.1, 0.15) is 5.75 Å². The summed E-state index contributed by atoms with van der Waals surface area (Å²) in [5.74, 6) is -0.239. The van der Waals surface area contributed by atoms with Crippen molar-refractivity contribution in [2.45, 2.75) is 24.6 Å². The molecular formula is C12H10F3NO2. The molecule has 0 saturated heterocycles. The fraction of sp³-hybridized carbons (Fsp3) is 0.417. The van der Waals surface area contributed by atoms with Crippen LogP contribution in [-0.4, -0.2) is 13.2 Å². The molecule has 1 aliphatic carbocycles. The monoisotopic (exact) mass is 257 g/mol. The van der Waals surface area contributed by atoms with E-state index in [1.165, 1.54) is 25.3 Å². The predicted octanol–water partition coefficient (Wildman–Crippen LogP) is 3.04. The Morgan fingerprint density at radius 1 is 1.39 bits per heavy atom. The van der Waals surface area contributed by atoms with Crippen molar-refractivity contribution in [2.24, 2.45) is 4.99 Å². The van der Waals surface area contributed by atoms with E-state index in [2.05, 4.69) is 4.99 Å². The van der Waals surface area contributed by atoms with Crippen molar-refractivity contribution in [1.82, 2.24) is 0 Å². The fourth-order valence-electron chi connectivity index (χ4n) is 1.89. The van der Waals surface area contributed by atoms with Crippen molar-refractivity contribution in [3.8, 4) is 5.75 Å². The van der Waals surface area contributed by atoms with Crippen LogP contribution in [0.2, 0.25) is 0 Å². The lowest BCUT2D eigenvalue weighted by molar-refractivity contribution is -0.138. The zero-order valence-corrected chi connectivity index (χ0v) is 9.54. The van der Waals surface area contributed by atoms with Gasteiger partial charge in [-0.05, 0) is 30.5 Å². The van der Waals surface area contributed by atoms with E-state index >= 15 is 0 Å². The molecule has 0 unspecified atom stereocenters. The Kier molecular flexibility index (Phi) is 2.91. The number of benzene rings is 1. The van der Waals surface area contributed by atoms with Crippen LogP contribution in [0.3, 0.4) is 0 Å². The number of methoxy groups -OCH3 is 1. The summed E-state index contributed by atoms with van der Waals surface area (Å²) in [5, 5.41) is 0. The molecule has 0 spiro atoms. The summed E-state index contributed by atoms with van der Waals surface area (Å²) in [6.07, 6.45) is -1.96. The molecule has 0 amide bonds. The van der Waals surface area contributed by atoms with Gasteiger partial charge in [-0.15, -0.1) is 0 Å². The van der Waals surface area contributed by atoms with Crippen molar-refractivity contribution >= 4 is 6.08 Å². The minimum absolute atomic E-state index is 0.239. The Labute approximate surface area is 101 Å². The first kappa shape index (κ1) is 12.6. The van der Waals surface area contributed by atoms with Gasteiger partial charge in [-0.2, -0.15) is 18.2 Å². The molecule has 6 heteroatoms. The molecule has 2 rings (SSSR count). The third-order valence-electron chi connectivity index (χ3n) is 3.03. The van der Waals surface area contributed by atoms with Gasteiger partial charge in [-0.25, -0.2) is 4.79 Å². The molecule has 0 heterocycles. The van der Waals surface area contributed by atoms with Gasteiger partial charge in [-0.3, -0.25) is 0 Å². The zero-order valence-electron chi connectivity index (χ0n) is 9.54. The van der Waals surface area contributed by atoms with Crippen molar-refractivity contribution < 1.29 is 22.7 Å². The number of aliphatic imine (C=N–C) groups is 1. The number of alkyl halides is 3. The number of rotatable bonds is 3. The highest BCUT2D eigenvalue weighted by Crippen LogP contribution is 2.51. The Hall–Kier alpha value is -1.81. The quantitative estimate of drug-likeness (QED) is 0.616. The summed E-state index contributed by atoms with van der Waals surface area (Å²) >= 11 is 0. The van der Waals surface area contributed by atoms with Gasteiger partial charge in [-0.1, -0.05) is 6.07 Å². The first-order valence-corrected chi connectivity index (χ1v) is 5.28. The highest BCUT2D eigenvalue weighted by atomic mass is 19.4. The van der Waals surface area contributed by atoms with E-state index in [-0.39, 0.29) is 5.75 Å². The molecule has 0 aliphatic heterocycles. The number of hydrogen-bond acceptors (Lipinski definition) is 3. The third kappa shape index (κ3) is 2.11. The molecule has 0 bridgehead atoms. The van der Waals surface area contributed by atoms with Crippen LogP contribution in [-0.2, 0) is 16.5 Å². The Bertz CT molecular complexity index is 515. The molecule has 18 heavy (non-hydrogen) atoms. The van der Waals surface area contributed by atoms with Crippen LogP contribution in [0.4, 0.5) is 13.2 Å². The second kappa shape index (κ2) is 4.14. The summed E-state index contributed by atoms with van der Waals surface area (Å²) in [7, 11) is 1.18. The summed E-state index contributed by atoms with van der Waals surface area (Å²) in [6.45, 7) is 0. The van der Waals surface area contributed by atoms with Gasteiger partial charge in [0.05, 0.1) is 18.2 Å². The zero-order chi connectivity index (χ0) is 13.4. The normalized spacial score (nSPS) is 16.9. The molecule has 1 saturated carbocycles. The molecule has 0 N–H and O–H groups in total. The molecule has 1 aromatic carbocycles. The Balaban J connectivity index is 2.50. The molecular weight excluding hydrogens is 247 g/mol. The summed E-state index contributed by atoms with van der Waals surface area (Å²) < 4.78 is 43.2. The Morgan fingerprint density at radius 3 is 2.50 bits per heavy atom. The molecule has 0 atom stereocenters. The maximum atomic E-state index is 12.8. The van der Waals surface area contributed by atoms with Crippen molar-refractivity contribution in [1.29, 1.82) is 0 Å².